The summed E-state index contributed by atoms with van der Waals surface area (Å²) in [7, 11) is 1.30. The van der Waals surface area contributed by atoms with Gasteiger partial charge in [0.15, 0.2) is 0 Å². The van der Waals surface area contributed by atoms with Crippen molar-refractivity contribution < 1.29 is 28.2 Å². The second-order valence-corrected chi connectivity index (χ2v) is 9.72. The van der Waals surface area contributed by atoms with Crippen molar-refractivity contribution in [2.24, 2.45) is 0 Å². The Morgan fingerprint density at radius 2 is 1.64 bits per heavy atom. The van der Waals surface area contributed by atoms with Crippen molar-refractivity contribution in [1.29, 1.82) is 0 Å². The summed E-state index contributed by atoms with van der Waals surface area (Å²) in [4.78, 5) is 38.4. The number of carbonyl (C=O) groups is 3. The Morgan fingerprint density at radius 1 is 0.974 bits per heavy atom. The van der Waals surface area contributed by atoms with Gasteiger partial charge in [0.1, 0.15) is 18.5 Å². The highest BCUT2D eigenvalue weighted by molar-refractivity contribution is 6.39. The van der Waals surface area contributed by atoms with Gasteiger partial charge < -0.3 is 25.0 Å². The van der Waals surface area contributed by atoms with Gasteiger partial charge in [-0.2, -0.15) is 0 Å². The summed E-state index contributed by atoms with van der Waals surface area (Å²) in [5.74, 6) is -0.179. The van der Waals surface area contributed by atoms with Crippen molar-refractivity contribution in [1.82, 2.24) is 4.90 Å². The van der Waals surface area contributed by atoms with Gasteiger partial charge in [0.25, 0.3) is 0 Å². The molecule has 204 valence electrons. The first-order chi connectivity index (χ1) is 18.7. The Labute approximate surface area is 235 Å². The number of alkyl halides is 1. The third-order valence-corrected chi connectivity index (χ3v) is 6.80. The van der Waals surface area contributed by atoms with E-state index in [9.17, 15) is 18.8 Å². The summed E-state index contributed by atoms with van der Waals surface area (Å²) in [5.41, 5.74) is 1.90. The number of nitrogens with zero attached hydrogens (tertiary/aromatic N) is 1. The number of amides is 3. The molecule has 1 heterocycles. The minimum Gasteiger partial charge on any atom is -0.491 e. The van der Waals surface area contributed by atoms with Gasteiger partial charge in [-0.3, -0.25) is 4.79 Å². The number of urea groups is 1. The van der Waals surface area contributed by atoms with Crippen molar-refractivity contribution in [3.8, 4) is 5.75 Å². The van der Waals surface area contributed by atoms with E-state index < -0.39 is 24.2 Å². The van der Waals surface area contributed by atoms with Gasteiger partial charge in [-0.05, 0) is 54.1 Å². The summed E-state index contributed by atoms with van der Waals surface area (Å²) in [6.07, 6.45) is -0.890. The van der Waals surface area contributed by atoms with Crippen LogP contribution in [0, 0.1) is 0 Å². The van der Waals surface area contributed by atoms with Crippen LogP contribution in [0.2, 0.25) is 10.0 Å². The molecule has 1 aliphatic heterocycles. The van der Waals surface area contributed by atoms with Gasteiger partial charge in [0.05, 0.1) is 47.4 Å². The first kappa shape index (κ1) is 28.2. The predicted octanol–water partition coefficient (Wildman–Crippen LogP) is 5.98. The van der Waals surface area contributed by atoms with E-state index in [1.54, 1.807) is 66.7 Å². The highest BCUT2D eigenvalue weighted by Gasteiger charge is 2.35. The lowest BCUT2D eigenvalue weighted by Crippen LogP contribution is -2.40. The van der Waals surface area contributed by atoms with E-state index in [1.807, 2.05) is 0 Å². The molecule has 2 N–H and O–H groups in total. The maximum atomic E-state index is 14.2. The lowest BCUT2D eigenvalue weighted by Gasteiger charge is -2.24. The predicted molar refractivity (Wildman–Crippen MR) is 148 cm³/mol. The molecule has 3 aromatic carbocycles. The molecule has 2 atom stereocenters. The zero-order chi connectivity index (χ0) is 27.9. The van der Waals surface area contributed by atoms with E-state index in [2.05, 4.69) is 15.4 Å². The number of carbonyl (C=O) groups excluding carboxylic acids is 3. The van der Waals surface area contributed by atoms with Crippen LogP contribution in [-0.4, -0.2) is 55.3 Å². The SMILES string of the molecule is COC(=O)c1ccc(OC[C@@H]2C[C@H](F)CN2C(=O)Cc2ccc(NC(=O)Nc3c(Cl)cccc3Cl)cc2)cc1. The second kappa shape index (κ2) is 12.8. The zero-order valence-electron chi connectivity index (χ0n) is 21.0. The fraction of sp³-hybridized carbons (Fsp3) is 0.250. The van der Waals surface area contributed by atoms with Crippen molar-refractivity contribution in [2.45, 2.75) is 25.1 Å². The Morgan fingerprint density at radius 3 is 2.28 bits per heavy atom. The van der Waals surface area contributed by atoms with E-state index in [1.165, 1.54) is 12.0 Å². The van der Waals surface area contributed by atoms with Gasteiger partial charge in [-0.1, -0.05) is 41.4 Å². The molecule has 39 heavy (non-hydrogen) atoms. The topological polar surface area (TPSA) is 97.0 Å². The number of esters is 1. The van der Waals surface area contributed by atoms with Gasteiger partial charge in [-0.15, -0.1) is 0 Å². The van der Waals surface area contributed by atoms with Crippen LogP contribution in [-0.2, 0) is 16.0 Å². The lowest BCUT2D eigenvalue weighted by molar-refractivity contribution is -0.132. The van der Waals surface area contributed by atoms with Crippen molar-refractivity contribution in [3.05, 3.63) is 87.9 Å². The molecule has 0 aromatic heterocycles. The summed E-state index contributed by atoms with van der Waals surface area (Å²) in [5, 5.41) is 5.91. The minimum absolute atomic E-state index is 0.00143. The Bertz CT molecular complexity index is 1320. The number of para-hydroxylation sites is 1. The maximum absolute atomic E-state index is 14.2. The Balaban J connectivity index is 1.30. The molecule has 0 bridgehead atoms. The maximum Gasteiger partial charge on any atom is 0.337 e. The van der Waals surface area contributed by atoms with Crippen LogP contribution in [0.3, 0.4) is 0 Å². The first-order valence-electron chi connectivity index (χ1n) is 12.1. The molecular formula is C28H26Cl2FN3O5. The smallest absolute Gasteiger partial charge is 0.337 e. The number of methoxy groups -OCH3 is 1. The number of rotatable bonds is 8. The summed E-state index contributed by atoms with van der Waals surface area (Å²) in [6.45, 7) is 0.121. The van der Waals surface area contributed by atoms with E-state index >= 15 is 0 Å². The van der Waals surface area contributed by atoms with Gasteiger partial charge >= 0.3 is 12.0 Å². The lowest BCUT2D eigenvalue weighted by atomic mass is 10.1. The molecule has 1 saturated heterocycles. The number of likely N-dealkylation sites (tertiary alicyclic amines) is 1. The fourth-order valence-corrected chi connectivity index (χ4v) is 4.69. The molecule has 0 aliphatic carbocycles. The number of ether oxygens (including phenoxy) is 2. The van der Waals surface area contributed by atoms with E-state index in [4.69, 9.17) is 27.9 Å². The molecule has 4 rings (SSSR count). The zero-order valence-corrected chi connectivity index (χ0v) is 22.5. The van der Waals surface area contributed by atoms with Gasteiger partial charge in [0.2, 0.25) is 5.91 Å². The van der Waals surface area contributed by atoms with Crippen molar-refractivity contribution in [2.75, 3.05) is 30.9 Å². The Hall–Kier alpha value is -3.82. The molecule has 11 heteroatoms. The molecule has 0 spiro atoms. The second-order valence-electron chi connectivity index (χ2n) is 8.91. The number of anilines is 2. The van der Waals surface area contributed by atoms with Crippen LogP contribution in [0.25, 0.3) is 0 Å². The molecule has 0 unspecified atom stereocenters. The van der Waals surface area contributed by atoms with Crippen LogP contribution < -0.4 is 15.4 Å². The van der Waals surface area contributed by atoms with E-state index in [-0.39, 0.29) is 31.9 Å². The molecule has 0 radical (unpaired) electrons. The minimum atomic E-state index is -1.14. The van der Waals surface area contributed by atoms with Crippen LogP contribution in [0.1, 0.15) is 22.3 Å². The van der Waals surface area contributed by atoms with Crippen LogP contribution in [0.4, 0.5) is 20.6 Å². The average Bonchev–Trinajstić information content (AvgIpc) is 3.31. The normalized spacial score (nSPS) is 16.5. The summed E-state index contributed by atoms with van der Waals surface area (Å²) < 4.78 is 24.7. The molecule has 3 amide bonds. The highest BCUT2D eigenvalue weighted by Crippen LogP contribution is 2.30. The highest BCUT2D eigenvalue weighted by atomic mass is 35.5. The number of hydrogen-bond acceptors (Lipinski definition) is 5. The van der Waals surface area contributed by atoms with Crippen LogP contribution in [0.5, 0.6) is 5.75 Å². The fourth-order valence-electron chi connectivity index (χ4n) is 4.20. The summed E-state index contributed by atoms with van der Waals surface area (Å²) >= 11 is 12.2. The molecule has 1 fully saturated rings. The first-order valence-corrected chi connectivity index (χ1v) is 12.8. The van der Waals surface area contributed by atoms with Crippen LogP contribution in [0.15, 0.2) is 66.7 Å². The van der Waals surface area contributed by atoms with E-state index in [0.717, 1.165) is 0 Å². The van der Waals surface area contributed by atoms with Crippen molar-refractivity contribution in [3.63, 3.8) is 0 Å². The van der Waals surface area contributed by atoms with Crippen LogP contribution >= 0.6 is 23.2 Å². The average molecular weight is 574 g/mol. The van der Waals surface area contributed by atoms with Gasteiger partial charge in [-0.25, -0.2) is 14.0 Å². The molecule has 1 aliphatic rings. The standard InChI is InChI=1S/C28H26Cl2FN3O5/c1-38-27(36)18-7-11-22(12-8-18)39-16-21-14-19(31)15-34(21)25(35)13-17-5-9-20(10-6-17)32-28(37)33-26-23(29)3-2-4-24(26)30/h2-12,19,21H,13-16H2,1H3,(H2,32,33,37)/t19-,21-/m0/s1. The Kier molecular flexibility index (Phi) is 9.27. The monoisotopic (exact) mass is 573 g/mol. The summed E-state index contributed by atoms with van der Waals surface area (Å²) in [6, 6.07) is 17.1. The molecule has 0 saturated carbocycles. The van der Waals surface area contributed by atoms with Crippen molar-refractivity contribution >= 4 is 52.5 Å². The number of nitrogens with one attached hydrogen (secondary N) is 2. The third kappa shape index (κ3) is 7.40. The number of halogens is 3. The number of hydrogen-bond donors (Lipinski definition) is 2. The third-order valence-electron chi connectivity index (χ3n) is 6.17. The largest absolute Gasteiger partial charge is 0.491 e. The molecular weight excluding hydrogens is 548 g/mol. The quantitative estimate of drug-likeness (QED) is 0.323. The molecule has 3 aromatic rings. The molecule has 8 nitrogen and oxygen atoms in total. The van der Waals surface area contributed by atoms with E-state index in [0.29, 0.717) is 38.3 Å². The number of benzene rings is 3. The van der Waals surface area contributed by atoms with Gasteiger partial charge in [0, 0.05) is 12.1 Å².